The van der Waals surface area contributed by atoms with Crippen LogP contribution in [0.15, 0.2) is 36.4 Å². The van der Waals surface area contributed by atoms with Crippen LogP contribution in [0.25, 0.3) is 10.8 Å². The molecule has 4 heteroatoms. The summed E-state index contributed by atoms with van der Waals surface area (Å²) >= 11 is 0. The van der Waals surface area contributed by atoms with Crippen LogP contribution in [-0.2, 0) is 25.5 Å². The molecule has 0 bridgehead atoms. The zero-order chi connectivity index (χ0) is 15.7. The van der Waals surface area contributed by atoms with Crippen molar-refractivity contribution in [3.63, 3.8) is 0 Å². The molecule has 0 heterocycles. The summed E-state index contributed by atoms with van der Waals surface area (Å²) in [5.41, 5.74) is 2.01. The van der Waals surface area contributed by atoms with Crippen molar-refractivity contribution < 1.29 is 19.1 Å². The maximum atomic E-state index is 12.3. The second-order valence-electron chi connectivity index (χ2n) is 5.52. The molecule has 0 unspecified atom stereocenters. The molecule has 22 heavy (non-hydrogen) atoms. The molecule has 0 amide bonds. The number of ether oxygens (including phenoxy) is 2. The van der Waals surface area contributed by atoms with Gasteiger partial charge < -0.3 is 9.47 Å². The van der Waals surface area contributed by atoms with Gasteiger partial charge in [-0.05, 0) is 34.7 Å². The number of carbonyl (C=O) groups excluding carboxylic acids is 2. The summed E-state index contributed by atoms with van der Waals surface area (Å²) in [6.07, 6.45) is 1.34. The molecule has 0 N–H and O–H groups in total. The van der Waals surface area contributed by atoms with Crippen molar-refractivity contribution in [2.24, 2.45) is 5.92 Å². The zero-order valence-corrected chi connectivity index (χ0v) is 12.7. The minimum Gasteiger partial charge on any atom is -0.469 e. The van der Waals surface area contributed by atoms with Gasteiger partial charge in [0.25, 0.3) is 0 Å². The van der Waals surface area contributed by atoms with Gasteiger partial charge in [0, 0.05) is 0 Å². The Morgan fingerprint density at radius 2 is 1.73 bits per heavy atom. The van der Waals surface area contributed by atoms with Gasteiger partial charge in [-0.25, -0.2) is 0 Å². The fraction of sp³-hybridized carbons (Fsp3) is 0.333. The largest absolute Gasteiger partial charge is 0.469 e. The first-order valence-corrected chi connectivity index (χ1v) is 7.33. The standard InChI is InChI=1S/C18H18O4/c1-21-17(19)15-10-9-13-12-6-4-3-5-11(12)7-8-14(13)16(15)18(20)22-2/h3-8,15-16H,9-10H2,1-2H3/t15-,16-/m1/s1. The van der Waals surface area contributed by atoms with Crippen LogP contribution in [0.5, 0.6) is 0 Å². The SMILES string of the molecule is COC(=O)[C@@H]1c2ccc3ccccc3c2CC[C@H]1C(=O)OC. The highest BCUT2D eigenvalue weighted by atomic mass is 16.5. The van der Waals surface area contributed by atoms with Crippen molar-refractivity contribution in [2.75, 3.05) is 14.2 Å². The third-order valence-corrected chi connectivity index (χ3v) is 4.48. The average Bonchev–Trinajstić information content (AvgIpc) is 2.59. The molecule has 2 aromatic rings. The number of fused-ring (bicyclic) bond motifs is 3. The van der Waals surface area contributed by atoms with E-state index in [-0.39, 0.29) is 11.9 Å². The number of hydrogen-bond donors (Lipinski definition) is 0. The van der Waals surface area contributed by atoms with Gasteiger partial charge in [0.05, 0.1) is 26.1 Å². The van der Waals surface area contributed by atoms with Crippen LogP contribution < -0.4 is 0 Å². The van der Waals surface area contributed by atoms with E-state index in [1.165, 1.54) is 14.2 Å². The summed E-state index contributed by atoms with van der Waals surface area (Å²) in [6, 6.07) is 12.0. The monoisotopic (exact) mass is 298 g/mol. The second kappa shape index (κ2) is 5.79. The Bertz CT molecular complexity index is 735. The van der Waals surface area contributed by atoms with E-state index < -0.39 is 11.8 Å². The van der Waals surface area contributed by atoms with E-state index in [9.17, 15) is 9.59 Å². The normalized spacial score (nSPS) is 20.3. The summed E-state index contributed by atoms with van der Waals surface area (Å²) in [6.45, 7) is 0. The number of methoxy groups -OCH3 is 2. The van der Waals surface area contributed by atoms with E-state index in [1.807, 2.05) is 24.3 Å². The Morgan fingerprint density at radius 1 is 1.00 bits per heavy atom. The highest BCUT2D eigenvalue weighted by Crippen LogP contribution is 2.40. The van der Waals surface area contributed by atoms with E-state index in [0.29, 0.717) is 6.42 Å². The Kier molecular flexibility index (Phi) is 3.84. The first-order chi connectivity index (χ1) is 10.7. The van der Waals surface area contributed by atoms with Gasteiger partial charge in [-0.3, -0.25) is 9.59 Å². The van der Waals surface area contributed by atoms with Crippen LogP contribution in [0.4, 0.5) is 0 Å². The summed E-state index contributed by atoms with van der Waals surface area (Å²) in [7, 11) is 2.71. The molecule has 114 valence electrons. The summed E-state index contributed by atoms with van der Waals surface area (Å²) in [4.78, 5) is 24.3. The van der Waals surface area contributed by atoms with Crippen molar-refractivity contribution in [1.82, 2.24) is 0 Å². The van der Waals surface area contributed by atoms with E-state index in [0.717, 1.165) is 28.3 Å². The van der Waals surface area contributed by atoms with Crippen molar-refractivity contribution >= 4 is 22.7 Å². The van der Waals surface area contributed by atoms with Crippen LogP contribution in [-0.4, -0.2) is 26.2 Å². The minimum absolute atomic E-state index is 0.353. The van der Waals surface area contributed by atoms with Crippen LogP contribution in [0.2, 0.25) is 0 Å². The maximum absolute atomic E-state index is 12.3. The number of esters is 2. The van der Waals surface area contributed by atoms with Crippen LogP contribution >= 0.6 is 0 Å². The Hall–Kier alpha value is -2.36. The smallest absolute Gasteiger partial charge is 0.314 e. The molecule has 2 aromatic carbocycles. The lowest BCUT2D eigenvalue weighted by atomic mass is 9.73. The fourth-order valence-electron chi connectivity index (χ4n) is 3.43. The van der Waals surface area contributed by atoms with E-state index >= 15 is 0 Å². The summed E-state index contributed by atoms with van der Waals surface area (Å²) < 4.78 is 9.81. The third kappa shape index (κ3) is 2.25. The molecule has 3 rings (SSSR count). The van der Waals surface area contributed by atoms with Gasteiger partial charge in [0.15, 0.2) is 0 Å². The molecule has 2 atom stereocenters. The third-order valence-electron chi connectivity index (χ3n) is 4.48. The minimum atomic E-state index is -0.592. The quantitative estimate of drug-likeness (QED) is 0.800. The number of benzene rings is 2. The summed E-state index contributed by atoms with van der Waals surface area (Å²) in [5, 5.41) is 2.28. The molecule has 4 nitrogen and oxygen atoms in total. The number of aryl methyl sites for hydroxylation is 1. The predicted octanol–water partition coefficient (Wildman–Crippen LogP) is 2.83. The molecule has 0 radical (unpaired) electrons. The van der Waals surface area contributed by atoms with Gasteiger partial charge in [-0.2, -0.15) is 0 Å². The van der Waals surface area contributed by atoms with Gasteiger partial charge >= 0.3 is 11.9 Å². The van der Waals surface area contributed by atoms with Gasteiger partial charge in [0.2, 0.25) is 0 Å². The van der Waals surface area contributed by atoms with Crippen molar-refractivity contribution in [2.45, 2.75) is 18.8 Å². The van der Waals surface area contributed by atoms with Gasteiger partial charge in [-0.1, -0.05) is 36.4 Å². The maximum Gasteiger partial charge on any atom is 0.314 e. The molecule has 0 aliphatic heterocycles. The Labute approximate surface area is 129 Å². The van der Waals surface area contributed by atoms with Crippen LogP contribution in [0, 0.1) is 5.92 Å². The molecular formula is C18H18O4. The second-order valence-corrected chi connectivity index (χ2v) is 5.52. The van der Waals surface area contributed by atoms with Crippen LogP contribution in [0.1, 0.15) is 23.5 Å². The molecule has 0 fully saturated rings. The molecule has 0 spiro atoms. The average molecular weight is 298 g/mol. The molecule has 1 aliphatic rings. The van der Waals surface area contributed by atoms with Crippen molar-refractivity contribution in [3.05, 3.63) is 47.5 Å². The number of carbonyl (C=O) groups is 2. The lowest BCUT2D eigenvalue weighted by Crippen LogP contribution is -2.34. The fourth-order valence-corrected chi connectivity index (χ4v) is 3.43. The first kappa shape index (κ1) is 14.6. The number of rotatable bonds is 2. The van der Waals surface area contributed by atoms with Crippen molar-refractivity contribution in [1.29, 1.82) is 0 Å². The Balaban J connectivity index is 2.17. The molecule has 1 aliphatic carbocycles. The topological polar surface area (TPSA) is 52.6 Å². The first-order valence-electron chi connectivity index (χ1n) is 7.33. The predicted molar refractivity (Wildman–Crippen MR) is 82.5 cm³/mol. The van der Waals surface area contributed by atoms with Crippen LogP contribution in [0.3, 0.4) is 0 Å². The highest BCUT2D eigenvalue weighted by molar-refractivity contribution is 5.92. The van der Waals surface area contributed by atoms with Crippen molar-refractivity contribution in [3.8, 4) is 0 Å². The van der Waals surface area contributed by atoms with E-state index in [4.69, 9.17) is 9.47 Å². The van der Waals surface area contributed by atoms with Gasteiger partial charge in [-0.15, -0.1) is 0 Å². The molecule has 0 aromatic heterocycles. The highest BCUT2D eigenvalue weighted by Gasteiger charge is 2.40. The lowest BCUT2D eigenvalue weighted by molar-refractivity contribution is -0.154. The van der Waals surface area contributed by atoms with E-state index in [2.05, 4.69) is 12.1 Å². The molecular weight excluding hydrogens is 280 g/mol. The zero-order valence-electron chi connectivity index (χ0n) is 12.7. The molecule has 0 saturated carbocycles. The number of hydrogen-bond acceptors (Lipinski definition) is 4. The lowest BCUT2D eigenvalue weighted by Gasteiger charge is -2.30. The van der Waals surface area contributed by atoms with E-state index in [1.54, 1.807) is 0 Å². The summed E-state index contributed by atoms with van der Waals surface area (Å²) in [5.74, 6) is -1.81. The molecule has 0 saturated heterocycles. The Morgan fingerprint density at radius 3 is 2.45 bits per heavy atom. The van der Waals surface area contributed by atoms with Gasteiger partial charge in [0.1, 0.15) is 0 Å².